The van der Waals surface area contributed by atoms with E-state index < -0.39 is 17.6 Å². The molecular weight excluding hydrogens is 547 g/mol. The van der Waals surface area contributed by atoms with Crippen molar-refractivity contribution in [3.63, 3.8) is 0 Å². The normalized spacial score (nSPS) is 18.9. The number of aryl methyl sites for hydroxylation is 1. The Morgan fingerprint density at radius 1 is 1.14 bits per heavy atom. The van der Waals surface area contributed by atoms with Gasteiger partial charge in [-0.25, -0.2) is 4.98 Å². The van der Waals surface area contributed by atoms with Crippen molar-refractivity contribution >= 4 is 17.5 Å². The smallest absolute Gasteiger partial charge is 0.381 e. The van der Waals surface area contributed by atoms with Gasteiger partial charge in [0.2, 0.25) is 0 Å². The predicted molar refractivity (Wildman–Crippen MR) is 151 cm³/mol. The van der Waals surface area contributed by atoms with Crippen LogP contribution in [0.2, 0.25) is 0 Å². The van der Waals surface area contributed by atoms with Gasteiger partial charge in [-0.15, -0.1) is 10.2 Å². The number of fused-ring (bicyclic) bond motifs is 1. The van der Waals surface area contributed by atoms with Crippen LogP contribution in [0.3, 0.4) is 0 Å². The maximum Gasteiger partial charge on any atom is 0.416 e. The highest BCUT2D eigenvalue weighted by Crippen LogP contribution is 2.42. The Morgan fingerprint density at radius 3 is 2.52 bits per heavy atom. The van der Waals surface area contributed by atoms with E-state index in [9.17, 15) is 18.0 Å². The number of ether oxygens (including phenoxy) is 1. The van der Waals surface area contributed by atoms with Crippen molar-refractivity contribution in [2.75, 3.05) is 36.5 Å². The number of carbonyl (C=O) groups is 1. The Kier molecular flexibility index (Phi) is 7.69. The number of hydrogen-bond acceptors (Lipinski definition) is 7. The number of carbonyl (C=O) groups excluding carboxylic acids is 1. The molecule has 6 rings (SSSR count). The SMILES string of the molecule is CCNc1cc(C(c2nncn2C)C2COC2)cc(N2Cc3c(cc([C@@H](C)NCC4CCC4)cc3C(F)(F)F)C2=O)n1. The number of alkyl halides is 3. The second-order valence-corrected chi connectivity index (χ2v) is 11.7. The summed E-state index contributed by atoms with van der Waals surface area (Å²) in [5.41, 5.74) is 0.589. The number of rotatable bonds is 10. The van der Waals surface area contributed by atoms with E-state index in [1.807, 2.05) is 31.5 Å². The van der Waals surface area contributed by atoms with Crippen LogP contribution in [0.25, 0.3) is 0 Å². The second kappa shape index (κ2) is 11.3. The number of nitrogens with one attached hydrogen (secondary N) is 2. The zero-order valence-corrected chi connectivity index (χ0v) is 24.0. The summed E-state index contributed by atoms with van der Waals surface area (Å²) in [6.45, 7) is 6.00. The molecule has 2 aliphatic heterocycles. The van der Waals surface area contributed by atoms with Crippen molar-refractivity contribution in [3.05, 3.63) is 64.2 Å². The molecule has 2 atom stereocenters. The average molecular weight is 584 g/mol. The number of hydrogen-bond donors (Lipinski definition) is 2. The first-order valence-corrected chi connectivity index (χ1v) is 14.6. The zero-order valence-electron chi connectivity index (χ0n) is 24.0. The van der Waals surface area contributed by atoms with Crippen LogP contribution >= 0.6 is 0 Å². The van der Waals surface area contributed by atoms with E-state index in [4.69, 9.17) is 4.74 Å². The highest BCUT2D eigenvalue weighted by molar-refractivity contribution is 6.10. The van der Waals surface area contributed by atoms with E-state index in [1.54, 1.807) is 18.5 Å². The third-order valence-corrected chi connectivity index (χ3v) is 8.79. The van der Waals surface area contributed by atoms with Crippen LogP contribution in [0.15, 0.2) is 30.6 Å². The second-order valence-electron chi connectivity index (χ2n) is 11.7. The van der Waals surface area contributed by atoms with Gasteiger partial charge in [-0.2, -0.15) is 13.2 Å². The third kappa shape index (κ3) is 5.37. The van der Waals surface area contributed by atoms with E-state index in [0.29, 0.717) is 42.9 Å². The maximum atomic E-state index is 14.4. The van der Waals surface area contributed by atoms with E-state index in [2.05, 4.69) is 25.8 Å². The minimum atomic E-state index is -4.60. The molecule has 3 aliphatic rings. The quantitative estimate of drug-likeness (QED) is 0.345. The molecule has 1 aromatic carbocycles. The lowest BCUT2D eigenvalue weighted by Gasteiger charge is -2.34. The molecule has 1 amide bonds. The average Bonchev–Trinajstić information content (AvgIpc) is 3.46. The number of halogens is 3. The predicted octanol–water partition coefficient (Wildman–Crippen LogP) is 5.05. The van der Waals surface area contributed by atoms with Gasteiger partial charge in [0.15, 0.2) is 0 Å². The number of pyridine rings is 1. The Hall–Kier alpha value is -3.51. The Labute approximate surface area is 242 Å². The molecule has 2 aromatic heterocycles. The summed E-state index contributed by atoms with van der Waals surface area (Å²) in [4.78, 5) is 19.9. The molecule has 1 saturated carbocycles. The number of nitrogens with zero attached hydrogens (tertiary/aromatic N) is 5. The summed E-state index contributed by atoms with van der Waals surface area (Å²) in [5.74, 6) is 1.59. The molecule has 224 valence electrons. The largest absolute Gasteiger partial charge is 0.416 e. The van der Waals surface area contributed by atoms with Gasteiger partial charge in [-0.1, -0.05) is 6.42 Å². The van der Waals surface area contributed by atoms with Gasteiger partial charge >= 0.3 is 6.18 Å². The van der Waals surface area contributed by atoms with Crippen LogP contribution in [0.5, 0.6) is 0 Å². The molecule has 1 saturated heterocycles. The minimum absolute atomic E-state index is 0.0168. The number of aromatic nitrogens is 4. The first-order valence-electron chi connectivity index (χ1n) is 14.6. The van der Waals surface area contributed by atoms with Crippen LogP contribution < -0.4 is 15.5 Å². The Morgan fingerprint density at radius 2 is 1.93 bits per heavy atom. The fourth-order valence-corrected chi connectivity index (χ4v) is 6.06. The van der Waals surface area contributed by atoms with Crippen molar-refractivity contribution in [1.29, 1.82) is 0 Å². The summed E-state index contributed by atoms with van der Waals surface area (Å²) in [6.07, 6.45) is 0.498. The van der Waals surface area contributed by atoms with E-state index in [1.165, 1.54) is 17.4 Å². The van der Waals surface area contributed by atoms with E-state index in [0.717, 1.165) is 30.8 Å². The van der Waals surface area contributed by atoms with Crippen LogP contribution in [-0.2, 0) is 24.5 Å². The van der Waals surface area contributed by atoms with Gasteiger partial charge in [0.25, 0.3) is 5.91 Å². The molecule has 0 radical (unpaired) electrons. The molecule has 4 heterocycles. The van der Waals surface area contributed by atoms with E-state index >= 15 is 0 Å². The fraction of sp³-hybridized carbons (Fsp3) is 0.533. The Bertz CT molecular complexity index is 1470. The highest BCUT2D eigenvalue weighted by atomic mass is 19.4. The van der Waals surface area contributed by atoms with Crippen LogP contribution in [0, 0.1) is 11.8 Å². The molecule has 1 unspecified atom stereocenters. The van der Waals surface area contributed by atoms with Crippen molar-refractivity contribution in [3.8, 4) is 0 Å². The number of amides is 1. The van der Waals surface area contributed by atoms with Gasteiger partial charge in [-0.3, -0.25) is 9.69 Å². The van der Waals surface area contributed by atoms with Crippen molar-refractivity contribution in [2.24, 2.45) is 18.9 Å². The molecule has 3 aromatic rings. The lowest BCUT2D eigenvalue weighted by molar-refractivity contribution is -0.138. The van der Waals surface area contributed by atoms with Gasteiger partial charge in [0, 0.05) is 31.1 Å². The van der Waals surface area contributed by atoms with Crippen LogP contribution in [-0.4, -0.2) is 52.0 Å². The monoisotopic (exact) mass is 583 g/mol. The first-order chi connectivity index (χ1) is 20.1. The number of benzene rings is 1. The first kappa shape index (κ1) is 28.6. The molecule has 0 spiro atoms. The minimum Gasteiger partial charge on any atom is -0.381 e. The third-order valence-electron chi connectivity index (χ3n) is 8.79. The summed E-state index contributed by atoms with van der Waals surface area (Å²) in [5, 5.41) is 15.0. The van der Waals surface area contributed by atoms with Gasteiger partial charge < -0.3 is 19.9 Å². The van der Waals surface area contributed by atoms with Gasteiger partial charge in [0.05, 0.1) is 31.2 Å². The summed E-state index contributed by atoms with van der Waals surface area (Å²) >= 11 is 0. The summed E-state index contributed by atoms with van der Waals surface area (Å²) in [7, 11) is 1.87. The standard InChI is InChI=1S/C30H36F3N7O2/c1-4-34-25-10-20(27(21-14-42-15-21)28-38-36-16-39(28)3)11-26(37-25)40-13-23-22(29(40)41)8-19(9-24(23)30(31,32)33)17(2)35-12-18-6-5-7-18/h8-11,16-18,21,27,35H,4-7,12-15H2,1-3H3,(H,34,37)/t17-,27?/m1/s1. The van der Waals surface area contributed by atoms with Crippen molar-refractivity contribution in [1.82, 2.24) is 25.1 Å². The van der Waals surface area contributed by atoms with Crippen LogP contribution in [0.1, 0.15) is 83.5 Å². The fourth-order valence-electron chi connectivity index (χ4n) is 6.06. The number of anilines is 2. The van der Waals surface area contributed by atoms with Gasteiger partial charge in [0.1, 0.15) is 23.8 Å². The van der Waals surface area contributed by atoms with E-state index in [-0.39, 0.29) is 35.5 Å². The lowest BCUT2D eigenvalue weighted by Crippen LogP contribution is -2.35. The van der Waals surface area contributed by atoms with Crippen molar-refractivity contribution in [2.45, 2.75) is 57.8 Å². The molecule has 12 heteroatoms. The summed E-state index contributed by atoms with van der Waals surface area (Å²) < 4.78 is 50.5. The molecular formula is C30H36F3N7O2. The molecule has 2 fully saturated rings. The zero-order chi connectivity index (χ0) is 29.6. The van der Waals surface area contributed by atoms with Crippen LogP contribution in [0.4, 0.5) is 24.8 Å². The molecule has 1 aliphatic carbocycles. The lowest BCUT2D eigenvalue weighted by atomic mass is 9.84. The molecule has 42 heavy (non-hydrogen) atoms. The highest BCUT2D eigenvalue weighted by Gasteiger charge is 2.42. The van der Waals surface area contributed by atoms with Crippen molar-refractivity contribution < 1.29 is 22.7 Å². The topological polar surface area (TPSA) is 97.2 Å². The molecule has 2 N–H and O–H groups in total. The Balaban J connectivity index is 1.37. The maximum absolute atomic E-state index is 14.4. The summed E-state index contributed by atoms with van der Waals surface area (Å²) in [6, 6.07) is 6.20. The van der Waals surface area contributed by atoms with Gasteiger partial charge in [-0.05, 0) is 80.1 Å². The molecule has 9 nitrogen and oxygen atoms in total. The molecule has 0 bridgehead atoms.